The molecule has 1 atom stereocenters. The number of hydrogen-bond acceptors (Lipinski definition) is 5. The van der Waals surface area contributed by atoms with Crippen molar-refractivity contribution in [3.63, 3.8) is 0 Å². The van der Waals surface area contributed by atoms with Crippen LogP contribution in [0, 0.1) is 0 Å². The van der Waals surface area contributed by atoms with E-state index in [0.29, 0.717) is 26.2 Å². The van der Waals surface area contributed by atoms with Gasteiger partial charge >= 0.3 is 0 Å². The molecule has 0 saturated heterocycles. The Hall–Kier alpha value is -1.14. The van der Waals surface area contributed by atoms with Gasteiger partial charge in [-0.2, -0.15) is 0 Å². The summed E-state index contributed by atoms with van der Waals surface area (Å²) in [6.07, 6.45) is -0.525. The summed E-state index contributed by atoms with van der Waals surface area (Å²) in [6, 6.07) is 9.86. The SMILES string of the molecule is CN(CC(O)CN(CCO)CCO)c1ccccc1. The highest BCUT2D eigenvalue weighted by Gasteiger charge is 2.13. The normalized spacial score (nSPS) is 12.7. The van der Waals surface area contributed by atoms with Gasteiger partial charge in [-0.05, 0) is 12.1 Å². The zero-order valence-corrected chi connectivity index (χ0v) is 11.4. The summed E-state index contributed by atoms with van der Waals surface area (Å²) in [6.45, 7) is 1.94. The lowest BCUT2D eigenvalue weighted by molar-refractivity contribution is 0.0913. The topological polar surface area (TPSA) is 67.2 Å². The Morgan fingerprint density at radius 3 is 2.11 bits per heavy atom. The highest BCUT2D eigenvalue weighted by Crippen LogP contribution is 2.11. The van der Waals surface area contributed by atoms with Crippen LogP contribution in [-0.4, -0.2) is 72.8 Å². The first kappa shape index (κ1) is 15.9. The van der Waals surface area contributed by atoms with Gasteiger partial charge in [-0.1, -0.05) is 18.2 Å². The average molecular weight is 268 g/mol. The molecule has 1 unspecified atom stereocenters. The zero-order chi connectivity index (χ0) is 14.1. The number of benzene rings is 1. The predicted molar refractivity (Wildman–Crippen MR) is 76.3 cm³/mol. The molecule has 0 amide bonds. The van der Waals surface area contributed by atoms with Crippen molar-refractivity contribution in [2.75, 3.05) is 51.3 Å². The van der Waals surface area contributed by atoms with E-state index in [1.807, 2.05) is 47.2 Å². The third kappa shape index (κ3) is 6.02. The fourth-order valence-corrected chi connectivity index (χ4v) is 2.04. The number of anilines is 1. The molecule has 0 aliphatic heterocycles. The number of para-hydroxylation sites is 1. The Morgan fingerprint density at radius 1 is 1.00 bits per heavy atom. The van der Waals surface area contributed by atoms with Crippen LogP contribution in [-0.2, 0) is 0 Å². The van der Waals surface area contributed by atoms with Crippen molar-refractivity contribution in [1.82, 2.24) is 4.90 Å². The number of likely N-dealkylation sites (N-methyl/N-ethyl adjacent to an activating group) is 1. The molecule has 5 nitrogen and oxygen atoms in total. The van der Waals surface area contributed by atoms with E-state index in [2.05, 4.69) is 0 Å². The molecule has 0 spiro atoms. The highest BCUT2D eigenvalue weighted by atomic mass is 16.3. The second kappa shape index (κ2) is 8.87. The molecule has 0 fully saturated rings. The van der Waals surface area contributed by atoms with Gasteiger partial charge in [0.1, 0.15) is 0 Å². The standard InChI is InChI=1S/C14H24N2O3/c1-15(13-5-3-2-4-6-13)11-14(19)12-16(7-9-17)8-10-18/h2-6,14,17-19H,7-12H2,1H3. The fourth-order valence-electron chi connectivity index (χ4n) is 2.04. The second-order valence-electron chi connectivity index (χ2n) is 4.62. The van der Waals surface area contributed by atoms with Gasteiger partial charge in [0.05, 0.1) is 19.3 Å². The Labute approximate surface area is 114 Å². The minimum Gasteiger partial charge on any atom is -0.395 e. The number of nitrogens with zero attached hydrogens (tertiary/aromatic N) is 2. The minimum absolute atomic E-state index is 0.0290. The van der Waals surface area contributed by atoms with Gasteiger partial charge in [-0.3, -0.25) is 4.90 Å². The van der Waals surface area contributed by atoms with Crippen molar-refractivity contribution in [2.45, 2.75) is 6.10 Å². The van der Waals surface area contributed by atoms with Crippen LogP contribution in [0.15, 0.2) is 30.3 Å². The average Bonchev–Trinajstić information content (AvgIpc) is 2.40. The Morgan fingerprint density at radius 2 is 1.58 bits per heavy atom. The lowest BCUT2D eigenvalue weighted by Crippen LogP contribution is -2.41. The molecule has 1 rings (SSSR count). The fraction of sp³-hybridized carbons (Fsp3) is 0.571. The van der Waals surface area contributed by atoms with Crippen molar-refractivity contribution < 1.29 is 15.3 Å². The second-order valence-corrected chi connectivity index (χ2v) is 4.62. The van der Waals surface area contributed by atoms with Gasteiger partial charge < -0.3 is 20.2 Å². The van der Waals surface area contributed by atoms with Crippen LogP contribution in [0.1, 0.15) is 0 Å². The molecule has 3 N–H and O–H groups in total. The maximum absolute atomic E-state index is 10.1. The molecule has 1 aromatic rings. The molecular weight excluding hydrogens is 244 g/mol. The molecule has 0 radical (unpaired) electrons. The van der Waals surface area contributed by atoms with Crippen molar-refractivity contribution >= 4 is 5.69 Å². The van der Waals surface area contributed by atoms with Crippen LogP contribution >= 0.6 is 0 Å². The van der Waals surface area contributed by atoms with Gasteiger partial charge in [-0.15, -0.1) is 0 Å². The maximum Gasteiger partial charge on any atom is 0.0841 e. The monoisotopic (exact) mass is 268 g/mol. The molecule has 19 heavy (non-hydrogen) atoms. The van der Waals surface area contributed by atoms with Crippen molar-refractivity contribution in [1.29, 1.82) is 0 Å². The smallest absolute Gasteiger partial charge is 0.0841 e. The van der Waals surface area contributed by atoms with Crippen molar-refractivity contribution in [3.05, 3.63) is 30.3 Å². The first-order valence-electron chi connectivity index (χ1n) is 6.55. The van der Waals surface area contributed by atoms with Crippen LogP contribution in [0.4, 0.5) is 5.69 Å². The third-order valence-electron chi connectivity index (χ3n) is 2.98. The summed E-state index contributed by atoms with van der Waals surface area (Å²) in [5.74, 6) is 0. The van der Waals surface area contributed by atoms with Crippen LogP contribution in [0.3, 0.4) is 0 Å². The Balaban J connectivity index is 2.42. The summed E-state index contributed by atoms with van der Waals surface area (Å²) >= 11 is 0. The Kier molecular flexibility index (Phi) is 7.43. The molecule has 0 aromatic heterocycles. The zero-order valence-electron chi connectivity index (χ0n) is 11.4. The molecule has 0 bridgehead atoms. The predicted octanol–water partition coefficient (Wildman–Crippen LogP) is -0.230. The van der Waals surface area contributed by atoms with E-state index in [4.69, 9.17) is 10.2 Å². The quantitative estimate of drug-likeness (QED) is 0.577. The molecule has 1 aromatic carbocycles. The van der Waals surface area contributed by atoms with Gasteiger partial charge in [0.15, 0.2) is 0 Å². The maximum atomic E-state index is 10.1. The summed E-state index contributed by atoms with van der Waals surface area (Å²) in [5, 5.41) is 27.9. The first-order valence-corrected chi connectivity index (χ1v) is 6.55. The Bertz CT molecular complexity index is 329. The third-order valence-corrected chi connectivity index (χ3v) is 2.98. The summed E-state index contributed by atoms with van der Waals surface area (Å²) in [4.78, 5) is 3.84. The number of rotatable bonds is 9. The highest BCUT2D eigenvalue weighted by molar-refractivity contribution is 5.45. The van der Waals surface area contributed by atoms with E-state index in [1.165, 1.54) is 0 Å². The van der Waals surface area contributed by atoms with E-state index < -0.39 is 6.10 Å². The summed E-state index contributed by atoms with van der Waals surface area (Å²) < 4.78 is 0. The molecular formula is C14H24N2O3. The minimum atomic E-state index is -0.525. The lowest BCUT2D eigenvalue weighted by atomic mass is 10.2. The van der Waals surface area contributed by atoms with Gasteiger partial charge in [0, 0.05) is 38.9 Å². The molecule has 0 aliphatic rings. The van der Waals surface area contributed by atoms with Crippen LogP contribution in [0.5, 0.6) is 0 Å². The number of aliphatic hydroxyl groups excluding tert-OH is 3. The van der Waals surface area contributed by atoms with E-state index in [-0.39, 0.29) is 13.2 Å². The molecule has 0 heterocycles. The van der Waals surface area contributed by atoms with Crippen molar-refractivity contribution in [2.24, 2.45) is 0 Å². The molecule has 108 valence electrons. The van der Waals surface area contributed by atoms with E-state index in [1.54, 1.807) is 0 Å². The van der Waals surface area contributed by atoms with E-state index >= 15 is 0 Å². The van der Waals surface area contributed by atoms with Crippen LogP contribution in [0.2, 0.25) is 0 Å². The first-order chi connectivity index (χ1) is 9.17. The van der Waals surface area contributed by atoms with E-state index in [0.717, 1.165) is 5.69 Å². The molecule has 0 aliphatic carbocycles. The van der Waals surface area contributed by atoms with Crippen LogP contribution in [0.25, 0.3) is 0 Å². The molecule has 0 saturated carbocycles. The van der Waals surface area contributed by atoms with E-state index in [9.17, 15) is 5.11 Å². The lowest BCUT2D eigenvalue weighted by Gasteiger charge is -2.27. The van der Waals surface area contributed by atoms with Gasteiger partial charge in [-0.25, -0.2) is 0 Å². The number of aliphatic hydroxyl groups is 3. The molecule has 5 heteroatoms. The van der Waals surface area contributed by atoms with Crippen LogP contribution < -0.4 is 4.90 Å². The van der Waals surface area contributed by atoms with Gasteiger partial charge in [0.2, 0.25) is 0 Å². The van der Waals surface area contributed by atoms with Gasteiger partial charge in [0.25, 0.3) is 0 Å². The summed E-state index contributed by atoms with van der Waals surface area (Å²) in [5.41, 5.74) is 1.05. The van der Waals surface area contributed by atoms with Crippen molar-refractivity contribution in [3.8, 4) is 0 Å². The number of hydrogen-bond donors (Lipinski definition) is 3. The largest absolute Gasteiger partial charge is 0.395 e. The summed E-state index contributed by atoms with van der Waals surface area (Å²) in [7, 11) is 1.93.